The second-order valence-corrected chi connectivity index (χ2v) is 4.84. The number of ketones is 1. The number of halogens is 1. The van der Waals surface area contributed by atoms with E-state index in [1.807, 2.05) is 20.8 Å². The Morgan fingerprint density at radius 1 is 1.29 bits per heavy atom. The van der Waals surface area contributed by atoms with E-state index >= 15 is 0 Å². The third kappa shape index (κ3) is 4.41. The maximum atomic E-state index is 14.2. The van der Waals surface area contributed by atoms with Gasteiger partial charge in [-0.15, -0.1) is 0 Å². The van der Waals surface area contributed by atoms with Gasteiger partial charge in [-0.2, -0.15) is 0 Å². The number of hydrogen-bond acceptors (Lipinski definition) is 2. The highest BCUT2D eigenvalue weighted by Gasteiger charge is 2.15. The topological polar surface area (TPSA) is 62.0 Å². The predicted octanol–water partition coefficient (Wildman–Crippen LogP) is 4.60. The van der Waals surface area contributed by atoms with Gasteiger partial charge in [0.05, 0.1) is 5.69 Å². The van der Waals surface area contributed by atoms with Crippen molar-refractivity contribution in [3.63, 3.8) is 0 Å². The number of carbonyl (C=O) groups excluding carboxylic acids is 2. The van der Waals surface area contributed by atoms with Gasteiger partial charge in [0, 0.05) is 17.4 Å². The maximum Gasteiger partial charge on any atom is 0.211 e. The normalized spacial score (nSPS) is 10.6. The minimum Gasteiger partial charge on any atom is -0.359 e. The van der Waals surface area contributed by atoms with E-state index in [1.54, 1.807) is 25.3 Å². The lowest BCUT2D eigenvalue weighted by atomic mass is 9.95. The van der Waals surface area contributed by atoms with Crippen LogP contribution in [0.3, 0.4) is 0 Å². The van der Waals surface area contributed by atoms with Crippen molar-refractivity contribution in [2.75, 3.05) is 5.32 Å². The summed E-state index contributed by atoms with van der Waals surface area (Å²) in [6.45, 7) is 7.55. The molecule has 128 valence electrons. The Kier molecular flexibility index (Phi) is 7.62. The lowest BCUT2D eigenvalue weighted by molar-refractivity contribution is -0.105. The molecule has 0 atom stereocenters. The number of nitrogens with one attached hydrogen (secondary N) is 2. The summed E-state index contributed by atoms with van der Waals surface area (Å²) in [5, 5.41) is 2.56. The summed E-state index contributed by atoms with van der Waals surface area (Å²) in [6.07, 6.45) is 4.14. The van der Waals surface area contributed by atoms with Gasteiger partial charge in [0.15, 0.2) is 0 Å². The van der Waals surface area contributed by atoms with Gasteiger partial charge in [0.25, 0.3) is 0 Å². The summed E-state index contributed by atoms with van der Waals surface area (Å²) < 4.78 is 14.2. The number of rotatable bonds is 6. The molecule has 5 heteroatoms. The van der Waals surface area contributed by atoms with Crippen molar-refractivity contribution in [2.45, 2.75) is 34.1 Å². The predicted molar refractivity (Wildman–Crippen MR) is 95.6 cm³/mol. The first-order valence-electron chi connectivity index (χ1n) is 7.96. The second-order valence-electron chi connectivity index (χ2n) is 4.84. The molecule has 1 aromatic heterocycles. The third-order valence-corrected chi connectivity index (χ3v) is 3.44. The highest BCUT2D eigenvalue weighted by atomic mass is 19.1. The average molecular weight is 330 g/mol. The highest BCUT2D eigenvalue weighted by molar-refractivity contribution is 6.07. The molecule has 1 amide bonds. The van der Waals surface area contributed by atoms with E-state index in [4.69, 9.17) is 0 Å². The SMILES string of the molecule is CC.CCc1c(NC=O)ccc(F)c1/C(C)=C/C(=O)c1ccc[nH]1. The van der Waals surface area contributed by atoms with Crippen LogP contribution in [0.15, 0.2) is 36.5 Å². The standard InChI is InChI=1S/C17H17FN2O2.C2H6/c1-3-12-14(20-10-21)7-6-13(18)17(12)11(2)9-16(22)15-5-4-8-19-15;1-2/h4-10,19H,3H2,1-2H3,(H,20,21);1-2H3/b11-9+;. The van der Waals surface area contributed by atoms with Crippen molar-refractivity contribution in [1.29, 1.82) is 0 Å². The summed E-state index contributed by atoms with van der Waals surface area (Å²) in [5.41, 5.74) is 2.53. The zero-order valence-corrected chi connectivity index (χ0v) is 14.4. The van der Waals surface area contributed by atoms with Gasteiger partial charge >= 0.3 is 0 Å². The Balaban J connectivity index is 0.00000139. The molecule has 1 aromatic carbocycles. The van der Waals surface area contributed by atoms with E-state index in [2.05, 4.69) is 10.3 Å². The zero-order chi connectivity index (χ0) is 18.1. The molecule has 0 fully saturated rings. The van der Waals surface area contributed by atoms with E-state index in [9.17, 15) is 14.0 Å². The van der Waals surface area contributed by atoms with Crippen LogP contribution in [-0.4, -0.2) is 17.2 Å². The summed E-state index contributed by atoms with van der Waals surface area (Å²) >= 11 is 0. The fraction of sp³-hybridized carbons (Fsp3) is 0.263. The molecule has 2 N–H and O–H groups in total. The smallest absolute Gasteiger partial charge is 0.211 e. The van der Waals surface area contributed by atoms with Gasteiger partial charge in [-0.25, -0.2) is 4.39 Å². The number of amides is 1. The van der Waals surface area contributed by atoms with Crippen LogP contribution in [-0.2, 0) is 11.2 Å². The molecule has 0 spiro atoms. The Morgan fingerprint density at radius 2 is 2.00 bits per heavy atom. The zero-order valence-electron chi connectivity index (χ0n) is 14.4. The molecule has 24 heavy (non-hydrogen) atoms. The van der Waals surface area contributed by atoms with Crippen LogP contribution in [0.1, 0.15) is 49.3 Å². The molecule has 0 aliphatic rings. The molecule has 0 saturated carbocycles. The van der Waals surface area contributed by atoms with Gasteiger partial charge in [0.2, 0.25) is 12.2 Å². The third-order valence-electron chi connectivity index (χ3n) is 3.44. The lowest BCUT2D eigenvalue weighted by Gasteiger charge is -2.14. The fourth-order valence-corrected chi connectivity index (χ4v) is 2.44. The fourth-order valence-electron chi connectivity index (χ4n) is 2.44. The van der Waals surface area contributed by atoms with Gasteiger partial charge in [-0.1, -0.05) is 20.8 Å². The van der Waals surface area contributed by atoms with Crippen molar-refractivity contribution in [2.24, 2.45) is 0 Å². The van der Waals surface area contributed by atoms with Crippen molar-refractivity contribution in [3.05, 3.63) is 59.2 Å². The van der Waals surface area contributed by atoms with Crippen LogP contribution in [0.25, 0.3) is 5.57 Å². The number of aromatic nitrogens is 1. The van der Waals surface area contributed by atoms with E-state index in [-0.39, 0.29) is 5.78 Å². The second kappa shape index (κ2) is 9.45. The Morgan fingerprint density at radius 3 is 2.54 bits per heavy atom. The van der Waals surface area contributed by atoms with Gasteiger partial charge in [0.1, 0.15) is 5.82 Å². The summed E-state index contributed by atoms with van der Waals surface area (Å²) in [4.78, 5) is 25.6. The minimum absolute atomic E-state index is 0.224. The minimum atomic E-state index is -0.415. The molecule has 4 nitrogen and oxygen atoms in total. The molecule has 0 aliphatic heterocycles. The van der Waals surface area contributed by atoms with E-state index in [0.717, 1.165) is 0 Å². The van der Waals surface area contributed by atoms with Crippen LogP contribution in [0.5, 0.6) is 0 Å². The van der Waals surface area contributed by atoms with Crippen molar-refractivity contribution >= 4 is 23.5 Å². The number of aromatic amines is 1. The van der Waals surface area contributed by atoms with Crippen LogP contribution in [0.2, 0.25) is 0 Å². The molecular weight excluding hydrogens is 307 g/mol. The maximum absolute atomic E-state index is 14.2. The van der Waals surface area contributed by atoms with Crippen LogP contribution >= 0.6 is 0 Å². The number of allylic oxidation sites excluding steroid dienone is 2. The number of carbonyl (C=O) groups is 2. The van der Waals surface area contributed by atoms with Crippen molar-refractivity contribution in [3.8, 4) is 0 Å². The molecule has 2 rings (SSSR count). The first-order valence-corrected chi connectivity index (χ1v) is 7.96. The number of benzene rings is 1. The highest BCUT2D eigenvalue weighted by Crippen LogP contribution is 2.29. The largest absolute Gasteiger partial charge is 0.359 e. The first-order chi connectivity index (χ1) is 11.6. The van der Waals surface area contributed by atoms with E-state index < -0.39 is 5.82 Å². The van der Waals surface area contributed by atoms with E-state index in [1.165, 1.54) is 18.2 Å². The summed E-state index contributed by atoms with van der Waals surface area (Å²) in [7, 11) is 0. The molecule has 0 saturated heterocycles. The van der Waals surface area contributed by atoms with Crippen LogP contribution < -0.4 is 5.32 Å². The Hall–Kier alpha value is -2.69. The first kappa shape index (κ1) is 19.4. The molecular formula is C19H23FN2O2. The average Bonchev–Trinajstić information content (AvgIpc) is 3.12. The molecule has 0 unspecified atom stereocenters. The van der Waals surface area contributed by atoms with Crippen molar-refractivity contribution in [1.82, 2.24) is 4.98 Å². The quantitative estimate of drug-likeness (QED) is 0.462. The van der Waals surface area contributed by atoms with Crippen LogP contribution in [0.4, 0.5) is 10.1 Å². The van der Waals surface area contributed by atoms with E-state index in [0.29, 0.717) is 40.9 Å². The number of hydrogen-bond donors (Lipinski definition) is 2. The molecule has 0 radical (unpaired) electrons. The summed E-state index contributed by atoms with van der Waals surface area (Å²) in [5.74, 6) is -0.640. The molecule has 1 heterocycles. The monoisotopic (exact) mass is 330 g/mol. The molecule has 0 aliphatic carbocycles. The molecule has 2 aromatic rings. The number of H-pyrrole nitrogens is 1. The van der Waals surface area contributed by atoms with Gasteiger partial charge in [-0.3, -0.25) is 9.59 Å². The van der Waals surface area contributed by atoms with Crippen LogP contribution in [0, 0.1) is 5.82 Å². The Bertz CT molecular complexity index is 719. The van der Waals surface area contributed by atoms with Gasteiger partial charge < -0.3 is 10.3 Å². The van der Waals surface area contributed by atoms with Gasteiger partial charge in [-0.05, 0) is 54.8 Å². The number of anilines is 1. The Labute approximate surface area is 141 Å². The molecule has 0 bridgehead atoms. The van der Waals surface area contributed by atoms with Crippen molar-refractivity contribution < 1.29 is 14.0 Å². The summed E-state index contributed by atoms with van der Waals surface area (Å²) in [6, 6.07) is 6.19. The lowest BCUT2D eigenvalue weighted by Crippen LogP contribution is -2.04.